The van der Waals surface area contributed by atoms with Crippen molar-refractivity contribution in [3.8, 4) is 5.75 Å². The van der Waals surface area contributed by atoms with E-state index in [-0.39, 0.29) is 0 Å². The van der Waals surface area contributed by atoms with E-state index in [0.29, 0.717) is 0 Å². The lowest BCUT2D eigenvalue weighted by atomic mass is 9.79. The normalized spacial score (nSPS) is 19.7. The molecule has 0 saturated heterocycles. The molecular weight excluding hydrogens is 352 g/mol. The Morgan fingerprint density at radius 2 is 1.45 bits per heavy atom. The minimum absolute atomic E-state index is 0.817. The summed E-state index contributed by atoms with van der Waals surface area (Å²) in [4.78, 5) is 0. The Kier molecular flexibility index (Phi) is 12.9. The van der Waals surface area contributed by atoms with Crippen molar-refractivity contribution in [2.75, 3.05) is 6.61 Å². The van der Waals surface area contributed by atoms with Crippen LogP contribution in [-0.4, -0.2) is 6.61 Å². The Bertz CT molecular complexity index is 522. The summed E-state index contributed by atoms with van der Waals surface area (Å²) in [5.74, 6) is 2.85. The van der Waals surface area contributed by atoms with Crippen LogP contribution in [0.2, 0.25) is 0 Å². The average Bonchev–Trinajstić information content (AvgIpc) is 2.75. The molecule has 0 unspecified atom stereocenters. The first-order chi connectivity index (χ1) is 14.3. The van der Waals surface area contributed by atoms with Gasteiger partial charge in [0.2, 0.25) is 0 Å². The second-order valence-electron chi connectivity index (χ2n) is 9.17. The molecular formula is C28H46O. The van der Waals surface area contributed by atoms with Crippen LogP contribution >= 0.6 is 0 Å². The fourth-order valence-corrected chi connectivity index (χ4v) is 4.54. The number of hydrogen-bond acceptors (Lipinski definition) is 1. The summed E-state index contributed by atoms with van der Waals surface area (Å²) >= 11 is 0. The summed E-state index contributed by atoms with van der Waals surface area (Å²) in [5.41, 5.74) is 1.39. The third kappa shape index (κ3) is 10.9. The van der Waals surface area contributed by atoms with Crippen LogP contribution in [0.5, 0.6) is 5.75 Å². The van der Waals surface area contributed by atoms with Crippen LogP contribution in [-0.2, 0) is 6.42 Å². The molecule has 0 atom stereocenters. The minimum atomic E-state index is 0.817. The van der Waals surface area contributed by atoms with Crippen LogP contribution in [0.1, 0.15) is 109 Å². The summed E-state index contributed by atoms with van der Waals surface area (Å²) in [7, 11) is 0. The molecule has 0 radical (unpaired) electrons. The lowest BCUT2D eigenvalue weighted by molar-refractivity contribution is 0.289. The lowest BCUT2D eigenvalue weighted by Gasteiger charge is -2.26. The standard InChI is InChI=1S/C28H46O/c1-3-5-7-8-9-11-24-29-28-22-20-27(21-23-28)15-12-14-26-18-16-25(17-19-26)13-10-6-4-2/h12,14,20-23,25-26H,3-11,13,15-19,24H2,1-2H3/b14-12+. The van der Waals surface area contributed by atoms with Crippen molar-refractivity contribution in [2.24, 2.45) is 11.8 Å². The molecule has 1 saturated carbocycles. The summed E-state index contributed by atoms with van der Waals surface area (Å²) in [6.45, 7) is 5.42. The number of ether oxygens (including phenoxy) is 1. The van der Waals surface area contributed by atoms with Crippen LogP contribution in [0, 0.1) is 11.8 Å². The van der Waals surface area contributed by atoms with E-state index in [2.05, 4.69) is 50.3 Å². The summed E-state index contributed by atoms with van der Waals surface area (Å²) in [6, 6.07) is 8.74. The van der Waals surface area contributed by atoms with Gasteiger partial charge >= 0.3 is 0 Å². The third-order valence-corrected chi connectivity index (χ3v) is 6.56. The van der Waals surface area contributed by atoms with E-state index < -0.39 is 0 Å². The second kappa shape index (κ2) is 15.6. The van der Waals surface area contributed by atoms with Gasteiger partial charge in [0.25, 0.3) is 0 Å². The van der Waals surface area contributed by atoms with E-state index in [1.807, 2.05) is 0 Å². The largest absolute Gasteiger partial charge is 0.494 e. The zero-order valence-electron chi connectivity index (χ0n) is 19.3. The predicted molar refractivity (Wildman–Crippen MR) is 128 cm³/mol. The molecule has 1 aromatic rings. The fraction of sp³-hybridized carbons (Fsp3) is 0.714. The summed E-state index contributed by atoms with van der Waals surface area (Å²) in [6.07, 6.45) is 25.2. The molecule has 0 heterocycles. The van der Waals surface area contributed by atoms with Crippen molar-refractivity contribution >= 4 is 0 Å². The van der Waals surface area contributed by atoms with E-state index in [1.165, 1.54) is 95.5 Å². The predicted octanol–water partition coefficient (Wildman–Crippen LogP) is 8.91. The highest BCUT2D eigenvalue weighted by atomic mass is 16.5. The summed E-state index contributed by atoms with van der Waals surface area (Å²) < 4.78 is 5.89. The molecule has 164 valence electrons. The topological polar surface area (TPSA) is 9.23 Å². The number of rotatable bonds is 15. The van der Waals surface area contributed by atoms with Gasteiger partial charge in [-0.05, 0) is 68.1 Å². The molecule has 2 rings (SSSR count). The van der Waals surface area contributed by atoms with Crippen LogP contribution in [0.15, 0.2) is 36.4 Å². The van der Waals surface area contributed by atoms with Crippen LogP contribution in [0.3, 0.4) is 0 Å². The van der Waals surface area contributed by atoms with Gasteiger partial charge in [-0.1, -0.05) is 95.9 Å². The third-order valence-electron chi connectivity index (χ3n) is 6.56. The molecule has 0 amide bonds. The number of hydrogen-bond donors (Lipinski definition) is 0. The maximum atomic E-state index is 5.89. The Morgan fingerprint density at radius 3 is 2.17 bits per heavy atom. The number of unbranched alkanes of at least 4 members (excludes halogenated alkanes) is 7. The first-order valence-electron chi connectivity index (χ1n) is 12.7. The van der Waals surface area contributed by atoms with E-state index in [0.717, 1.165) is 30.6 Å². The molecule has 1 fully saturated rings. The highest BCUT2D eigenvalue weighted by Crippen LogP contribution is 2.32. The van der Waals surface area contributed by atoms with Gasteiger partial charge in [0.15, 0.2) is 0 Å². The summed E-state index contributed by atoms with van der Waals surface area (Å²) in [5, 5.41) is 0. The highest BCUT2D eigenvalue weighted by Gasteiger charge is 2.18. The van der Waals surface area contributed by atoms with Gasteiger partial charge in [0.05, 0.1) is 6.61 Å². The molecule has 0 bridgehead atoms. The van der Waals surface area contributed by atoms with Gasteiger partial charge in [-0.3, -0.25) is 0 Å². The van der Waals surface area contributed by atoms with Gasteiger partial charge in [-0.2, -0.15) is 0 Å². The first-order valence-corrected chi connectivity index (χ1v) is 12.7. The molecule has 0 aliphatic heterocycles. The van der Waals surface area contributed by atoms with Crippen molar-refractivity contribution in [1.29, 1.82) is 0 Å². The SMILES string of the molecule is CCCCCCCCOc1ccc(C/C=C/C2CCC(CCCCC)CC2)cc1. The zero-order chi connectivity index (χ0) is 20.6. The average molecular weight is 399 g/mol. The maximum absolute atomic E-state index is 5.89. The molecule has 0 aromatic heterocycles. The van der Waals surface area contributed by atoms with Gasteiger partial charge < -0.3 is 4.74 Å². The van der Waals surface area contributed by atoms with Crippen molar-refractivity contribution in [1.82, 2.24) is 0 Å². The monoisotopic (exact) mass is 398 g/mol. The molecule has 1 nitrogen and oxygen atoms in total. The molecule has 1 aliphatic rings. The van der Waals surface area contributed by atoms with Crippen LogP contribution in [0.4, 0.5) is 0 Å². The fourth-order valence-electron chi connectivity index (χ4n) is 4.54. The quantitative estimate of drug-likeness (QED) is 0.212. The molecule has 0 spiro atoms. The maximum Gasteiger partial charge on any atom is 0.119 e. The number of allylic oxidation sites excluding steroid dienone is 2. The Balaban J connectivity index is 1.56. The van der Waals surface area contributed by atoms with E-state index in [4.69, 9.17) is 4.74 Å². The van der Waals surface area contributed by atoms with Crippen molar-refractivity contribution in [2.45, 2.75) is 110 Å². The van der Waals surface area contributed by atoms with Crippen LogP contribution < -0.4 is 4.74 Å². The zero-order valence-corrected chi connectivity index (χ0v) is 19.3. The molecule has 29 heavy (non-hydrogen) atoms. The van der Waals surface area contributed by atoms with Gasteiger partial charge in [-0.25, -0.2) is 0 Å². The molecule has 1 aliphatic carbocycles. The molecule has 0 N–H and O–H groups in total. The van der Waals surface area contributed by atoms with Crippen molar-refractivity contribution < 1.29 is 4.74 Å². The van der Waals surface area contributed by atoms with Gasteiger partial charge in [-0.15, -0.1) is 0 Å². The highest BCUT2D eigenvalue weighted by molar-refractivity contribution is 5.28. The molecule has 1 aromatic carbocycles. The second-order valence-corrected chi connectivity index (χ2v) is 9.17. The Hall–Kier alpha value is -1.24. The smallest absolute Gasteiger partial charge is 0.119 e. The minimum Gasteiger partial charge on any atom is -0.494 e. The van der Waals surface area contributed by atoms with E-state index in [9.17, 15) is 0 Å². The van der Waals surface area contributed by atoms with E-state index in [1.54, 1.807) is 0 Å². The lowest BCUT2D eigenvalue weighted by Crippen LogP contribution is -2.13. The van der Waals surface area contributed by atoms with Crippen LogP contribution in [0.25, 0.3) is 0 Å². The Labute approximate surface area is 181 Å². The number of benzene rings is 1. The van der Waals surface area contributed by atoms with E-state index >= 15 is 0 Å². The van der Waals surface area contributed by atoms with Gasteiger partial charge in [0, 0.05) is 0 Å². The van der Waals surface area contributed by atoms with Crippen molar-refractivity contribution in [3.63, 3.8) is 0 Å². The Morgan fingerprint density at radius 1 is 0.793 bits per heavy atom. The first kappa shape index (κ1) is 24.0. The van der Waals surface area contributed by atoms with Gasteiger partial charge in [0.1, 0.15) is 5.75 Å². The van der Waals surface area contributed by atoms with Crippen molar-refractivity contribution in [3.05, 3.63) is 42.0 Å². The molecule has 1 heteroatoms.